The summed E-state index contributed by atoms with van der Waals surface area (Å²) in [7, 11) is 0. The van der Waals surface area contributed by atoms with Gasteiger partial charge in [0.25, 0.3) is 0 Å². The van der Waals surface area contributed by atoms with Crippen LogP contribution in [0.1, 0.15) is 27.2 Å². The average molecular weight is 171 g/mol. The van der Waals surface area contributed by atoms with Gasteiger partial charge in [0.1, 0.15) is 0 Å². The van der Waals surface area contributed by atoms with Gasteiger partial charge >= 0.3 is 0 Å². The summed E-state index contributed by atoms with van der Waals surface area (Å²) in [6, 6.07) is 0. The van der Waals surface area contributed by atoms with E-state index in [0.717, 1.165) is 0 Å². The molecule has 0 aromatic rings. The van der Waals surface area contributed by atoms with Crippen LogP contribution in [0.15, 0.2) is 0 Å². The second-order valence-electron chi connectivity index (χ2n) is 4.55. The number of aliphatic hydroxyl groups excluding tert-OH is 1. The fourth-order valence-electron chi connectivity index (χ4n) is 1.55. The summed E-state index contributed by atoms with van der Waals surface area (Å²) in [6.45, 7) is 6.48. The smallest absolute Gasteiger partial charge is 0.223 e. The van der Waals surface area contributed by atoms with E-state index in [2.05, 4.69) is 5.32 Å². The maximum atomic E-state index is 11.4. The molecule has 0 bridgehead atoms. The molecule has 1 rings (SSSR count). The van der Waals surface area contributed by atoms with E-state index in [0.29, 0.717) is 13.0 Å². The summed E-state index contributed by atoms with van der Waals surface area (Å²) < 4.78 is 0. The highest BCUT2D eigenvalue weighted by molar-refractivity contribution is 5.80. The van der Waals surface area contributed by atoms with Gasteiger partial charge in [-0.1, -0.05) is 20.8 Å². The lowest BCUT2D eigenvalue weighted by Gasteiger charge is -2.34. The minimum absolute atomic E-state index is 0.0501. The van der Waals surface area contributed by atoms with E-state index >= 15 is 0 Å². The van der Waals surface area contributed by atoms with Crippen molar-refractivity contribution in [3.05, 3.63) is 0 Å². The Balaban J connectivity index is 2.68. The SMILES string of the molecule is CC(C)(C)C1CC(O)CNC1=O. The van der Waals surface area contributed by atoms with Gasteiger partial charge in [0, 0.05) is 12.5 Å². The van der Waals surface area contributed by atoms with Crippen LogP contribution in [0.5, 0.6) is 0 Å². The Morgan fingerprint density at radius 1 is 1.50 bits per heavy atom. The van der Waals surface area contributed by atoms with E-state index in [-0.39, 0.29) is 23.3 Å². The van der Waals surface area contributed by atoms with Crippen LogP contribution in [0, 0.1) is 11.3 Å². The first kappa shape index (κ1) is 9.52. The number of piperidine rings is 1. The van der Waals surface area contributed by atoms with Crippen molar-refractivity contribution in [1.29, 1.82) is 0 Å². The molecule has 1 saturated heterocycles. The fraction of sp³-hybridized carbons (Fsp3) is 0.889. The largest absolute Gasteiger partial charge is 0.391 e. The first-order chi connectivity index (χ1) is 5.41. The molecule has 0 spiro atoms. The lowest BCUT2D eigenvalue weighted by atomic mass is 9.75. The average Bonchev–Trinajstić information content (AvgIpc) is 1.92. The second kappa shape index (κ2) is 3.05. The maximum absolute atomic E-state index is 11.4. The molecule has 3 heteroatoms. The molecular weight excluding hydrogens is 154 g/mol. The van der Waals surface area contributed by atoms with E-state index in [1.165, 1.54) is 0 Å². The number of nitrogens with one attached hydrogen (secondary N) is 1. The second-order valence-corrected chi connectivity index (χ2v) is 4.55. The van der Waals surface area contributed by atoms with Crippen molar-refractivity contribution < 1.29 is 9.90 Å². The number of hydrogen-bond acceptors (Lipinski definition) is 2. The normalized spacial score (nSPS) is 31.5. The summed E-state index contributed by atoms with van der Waals surface area (Å²) in [5.74, 6) is 0.0223. The molecule has 0 aliphatic carbocycles. The van der Waals surface area contributed by atoms with Gasteiger partial charge in [0.05, 0.1) is 6.10 Å². The molecule has 2 unspecified atom stereocenters. The molecule has 1 aliphatic heterocycles. The molecule has 2 N–H and O–H groups in total. The Bertz CT molecular complexity index is 183. The molecule has 0 aromatic carbocycles. The molecule has 1 amide bonds. The molecule has 0 aromatic heterocycles. The molecule has 2 atom stereocenters. The number of carbonyl (C=O) groups is 1. The molecule has 1 fully saturated rings. The van der Waals surface area contributed by atoms with E-state index in [9.17, 15) is 9.90 Å². The Morgan fingerprint density at radius 3 is 2.50 bits per heavy atom. The predicted molar refractivity (Wildman–Crippen MR) is 46.6 cm³/mol. The van der Waals surface area contributed by atoms with Crippen LogP contribution in [-0.2, 0) is 4.79 Å². The molecular formula is C9H17NO2. The van der Waals surface area contributed by atoms with Crippen LogP contribution >= 0.6 is 0 Å². The number of carbonyl (C=O) groups excluding carboxylic acids is 1. The maximum Gasteiger partial charge on any atom is 0.223 e. The van der Waals surface area contributed by atoms with Crippen molar-refractivity contribution in [3.8, 4) is 0 Å². The summed E-state index contributed by atoms with van der Waals surface area (Å²) in [4.78, 5) is 11.4. The Labute approximate surface area is 73.2 Å². The first-order valence-corrected chi connectivity index (χ1v) is 4.37. The third-order valence-corrected chi connectivity index (χ3v) is 2.38. The standard InChI is InChI=1S/C9H17NO2/c1-9(2,3)7-4-6(11)5-10-8(7)12/h6-7,11H,4-5H2,1-3H3,(H,10,12). The molecule has 1 aliphatic rings. The van der Waals surface area contributed by atoms with Crippen LogP contribution in [0.4, 0.5) is 0 Å². The van der Waals surface area contributed by atoms with Crippen molar-refractivity contribution in [2.24, 2.45) is 11.3 Å². The summed E-state index contributed by atoms with van der Waals surface area (Å²) in [5.41, 5.74) is -0.0501. The van der Waals surface area contributed by atoms with E-state index in [1.54, 1.807) is 0 Å². The Kier molecular flexibility index (Phi) is 2.42. The van der Waals surface area contributed by atoms with Gasteiger partial charge in [-0.3, -0.25) is 4.79 Å². The molecule has 12 heavy (non-hydrogen) atoms. The lowest BCUT2D eigenvalue weighted by molar-refractivity contribution is -0.133. The molecule has 3 nitrogen and oxygen atoms in total. The van der Waals surface area contributed by atoms with Gasteiger partial charge in [0.15, 0.2) is 0 Å². The van der Waals surface area contributed by atoms with Crippen LogP contribution in [0.2, 0.25) is 0 Å². The third kappa shape index (κ3) is 1.97. The number of amides is 1. The molecule has 0 radical (unpaired) electrons. The molecule has 70 valence electrons. The first-order valence-electron chi connectivity index (χ1n) is 4.37. The summed E-state index contributed by atoms with van der Waals surface area (Å²) in [6.07, 6.45) is 0.224. The van der Waals surface area contributed by atoms with Crippen molar-refractivity contribution >= 4 is 5.91 Å². The highest BCUT2D eigenvalue weighted by atomic mass is 16.3. The van der Waals surface area contributed by atoms with Crippen LogP contribution < -0.4 is 5.32 Å². The van der Waals surface area contributed by atoms with Crippen molar-refractivity contribution in [2.45, 2.75) is 33.3 Å². The van der Waals surface area contributed by atoms with Crippen LogP contribution in [0.3, 0.4) is 0 Å². The quantitative estimate of drug-likeness (QED) is 0.558. The van der Waals surface area contributed by atoms with Crippen LogP contribution in [-0.4, -0.2) is 23.7 Å². The van der Waals surface area contributed by atoms with Gasteiger partial charge in [-0.2, -0.15) is 0 Å². The summed E-state index contributed by atoms with van der Waals surface area (Å²) >= 11 is 0. The van der Waals surface area contributed by atoms with E-state index in [4.69, 9.17) is 0 Å². The number of hydrogen-bond donors (Lipinski definition) is 2. The molecule has 1 heterocycles. The fourth-order valence-corrected chi connectivity index (χ4v) is 1.55. The number of rotatable bonds is 0. The zero-order valence-electron chi connectivity index (χ0n) is 7.92. The zero-order chi connectivity index (χ0) is 9.35. The Hall–Kier alpha value is -0.570. The minimum atomic E-state index is -0.369. The highest BCUT2D eigenvalue weighted by Crippen LogP contribution is 2.31. The highest BCUT2D eigenvalue weighted by Gasteiger charge is 2.35. The lowest BCUT2D eigenvalue weighted by Crippen LogP contribution is -2.48. The van der Waals surface area contributed by atoms with Gasteiger partial charge in [-0.05, 0) is 11.8 Å². The third-order valence-electron chi connectivity index (χ3n) is 2.38. The van der Waals surface area contributed by atoms with Crippen molar-refractivity contribution in [3.63, 3.8) is 0 Å². The Morgan fingerprint density at radius 2 is 2.08 bits per heavy atom. The summed E-state index contributed by atoms with van der Waals surface area (Å²) in [5, 5.41) is 12.0. The van der Waals surface area contributed by atoms with E-state index < -0.39 is 0 Å². The van der Waals surface area contributed by atoms with Gasteiger partial charge < -0.3 is 10.4 Å². The van der Waals surface area contributed by atoms with Crippen molar-refractivity contribution in [1.82, 2.24) is 5.32 Å². The van der Waals surface area contributed by atoms with E-state index in [1.807, 2.05) is 20.8 Å². The molecule has 0 saturated carbocycles. The van der Waals surface area contributed by atoms with Crippen molar-refractivity contribution in [2.75, 3.05) is 6.54 Å². The minimum Gasteiger partial charge on any atom is -0.391 e. The van der Waals surface area contributed by atoms with Gasteiger partial charge in [-0.15, -0.1) is 0 Å². The number of β-amino-alcohol motifs (C(OH)–C–C–N with tert-alkyl or cyclic N) is 1. The number of aliphatic hydroxyl groups is 1. The topological polar surface area (TPSA) is 49.3 Å². The van der Waals surface area contributed by atoms with Crippen LogP contribution in [0.25, 0.3) is 0 Å². The van der Waals surface area contributed by atoms with Gasteiger partial charge in [-0.25, -0.2) is 0 Å². The predicted octanol–water partition coefficient (Wildman–Crippen LogP) is 0.529. The zero-order valence-corrected chi connectivity index (χ0v) is 7.92. The monoisotopic (exact) mass is 171 g/mol. The van der Waals surface area contributed by atoms with Gasteiger partial charge in [0.2, 0.25) is 5.91 Å².